The zero-order chi connectivity index (χ0) is 19.6. The number of carbonyl (C=O) groups excluding carboxylic acids is 3. The number of hydrogen-bond acceptors (Lipinski definition) is 6. The van der Waals surface area contributed by atoms with Crippen LogP contribution in [0.25, 0.3) is 0 Å². The largest absolute Gasteiger partial charge is 0.486 e. The lowest BCUT2D eigenvalue weighted by atomic mass is 10.3. The fourth-order valence-corrected chi connectivity index (χ4v) is 1.96. The molecule has 1 heterocycles. The van der Waals surface area contributed by atoms with Gasteiger partial charge in [-0.25, -0.2) is 9.59 Å². The van der Waals surface area contributed by atoms with Crippen LogP contribution in [0.15, 0.2) is 46.9 Å². The van der Waals surface area contributed by atoms with Crippen LogP contribution in [0, 0.1) is 0 Å². The van der Waals surface area contributed by atoms with Crippen molar-refractivity contribution in [3.8, 4) is 5.75 Å². The first-order valence-corrected chi connectivity index (χ1v) is 8.52. The van der Waals surface area contributed by atoms with Crippen molar-refractivity contribution in [3.05, 3.63) is 54.0 Å². The number of rotatable bonds is 8. The minimum absolute atomic E-state index is 0.0569. The van der Waals surface area contributed by atoms with E-state index in [0.29, 0.717) is 11.5 Å². The van der Waals surface area contributed by atoms with Gasteiger partial charge in [-0.1, -0.05) is 25.1 Å². The first kappa shape index (κ1) is 20.0. The van der Waals surface area contributed by atoms with Crippen molar-refractivity contribution in [1.29, 1.82) is 0 Å². The summed E-state index contributed by atoms with van der Waals surface area (Å²) in [7, 11) is 0. The molecule has 0 fully saturated rings. The maximum absolute atomic E-state index is 11.9. The Kier molecular flexibility index (Phi) is 7.42. The minimum Gasteiger partial charge on any atom is -0.486 e. The molecule has 0 bridgehead atoms. The maximum Gasteiger partial charge on any atom is 0.374 e. The molecule has 27 heavy (non-hydrogen) atoms. The highest BCUT2D eigenvalue weighted by Gasteiger charge is 2.16. The summed E-state index contributed by atoms with van der Waals surface area (Å²) >= 11 is 0. The zero-order valence-electron chi connectivity index (χ0n) is 15.2. The molecule has 2 rings (SSSR count). The summed E-state index contributed by atoms with van der Waals surface area (Å²) in [6.45, 7) is 3.26. The molecule has 0 saturated carbocycles. The second-order valence-corrected chi connectivity index (χ2v) is 5.77. The Balaban J connectivity index is 1.75. The van der Waals surface area contributed by atoms with Crippen molar-refractivity contribution in [2.75, 3.05) is 6.61 Å². The normalized spacial score (nSPS) is 11.3. The topological polar surface area (TPSA) is 107 Å². The summed E-state index contributed by atoms with van der Waals surface area (Å²) in [4.78, 5) is 35.0. The highest BCUT2D eigenvalue weighted by atomic mass is 16.6. The van der Waals surface area contributed by atoms with Gasteiger partial charge in [0.15, 0.2) is 6.61 Å². The van der Waals surface area contributed by atoms with E-state index in [4.69, 9.17) is 13.9 Å². The molecular weight excluding hydrogens is 352 g/mol. The van der Waals surface area contributed by atoms with Gasteiger partial charge in [0.2, 0.25) is 5.76 Å². The Morgan fingerprint density at radius 1 is 1.11 bits per heavy atom. The molecule has 0 saturated heterocycles. The van der Waals surface area contributed by atoms with Crippen LogP contribution in [-0.4, -0.2) is 30.6 Å². The Bertz CT molecular complexity index is 772. The highest BCUT2D eigenvalue weighted by molar-refractivity contribution is 5.96. The molecule has 8 heteroatoms. The molecule has 1 aromatic heterocycles. The van der Waals surface area contributed by atoms with E-state index in [2.05, 4.69) is 10.6 Å². The summed E-state index contributed by atoms with van der Waals surface area (Å²) in [6, 6.07) is 11.5. The van der Waals surface area contributed by atoms with E-state index in [-0.39, 0.29) is 18.4 Å². The minimum atomic E-state index is -0.807. The number of carbonyl (C=O) groups is 3. The van der Waals surface area contributed by atoms with E-state index >= 15 is 0 Å². The molecule has 0 unspecified atom stereocenters. The van der Waals surface area contributed by atoms with Crippen LogP contribution >= 0.6 is 0 Å². The summed E-state index contributed by atoms with van der Waals surface area (Å²) in [6.07, 6.45) is 0.728. The van der Waals surface area contributed by atoms with E-state index in [1.807, 2.05) is 25.1 Å². The van der Waals surface area contributed by atoms with Crippen molar-refractivity contribution in [2.24, 2.45) is 0 Å². The summed E-state index contributed by atoms with van der Waals surface area (Å²) in [5.41, 5.74) is 0. The van der Waals surface area contributed by atoms with Gasteiger partial charge in [-0.2, -0.15) is 0 Å². The van der Waals surface area contributed by atoms with Crippen LogP contribution in [-0.2, 0) is 16.1 Å². The standard InChI is InChI=1S/C19H22N2O6/c1-3-13(2)20-19(24)21-17(22)12-26-18(23)16-10-9-15(27-16)11-25-14-7-5-4-6-8-14/h4-10,13H,3,11-12H2,1-2H3,(H2,20,21,22,24)/t13-/m0/s1. The van der Waals surface area contributed by atoms with Crippen LogP contribution in [0.1, 0.15) is 36.6 Å². The van der Waals surface area contributed by atoms with Gasteiger partial charge >= 0.3 is 12.0 Å². The fourth-order valence-electron chi connectivity index (χ4n) is 1.96. The number of ether oxygens (including phenoxy) is 2. The van der Waals surface area contributed by atoms with E-state index in [0.717, 1.165) is 6.42 Å². The van der Waals surface area contributed by atoms with E-state index in [1.54, 1.807) is 25.1 Å². The summed E-state index contributed by atoms with van der Waals surface area (Å²) < 4.78 is 15.7. The molecule has 144 valence electrons. The smallest absolute Gasteiger partial charge is 0.374 e. The van der Waals surface area contributed by atoms with Crippen LogP contribution < -0.4 is 15.4 Å². The van der Waals surface area contributed by atoms with Gasteiger partial charge in [-0.05, 0) is 37.6 Å². The molecule has 8 nitrogen and oxygen atoms in total. The van der Waals surface area contributed by atoms with E-state index in [1.165, 1.54) is 6.07 Å². The SMILES string of the molecule is CC[C@H](C)NC(=O)NC(=O)COC(=O)c1ccc(COc2ccccc2)o1. The monoisotopic (exact) mass is 374 g/mol. The number of esters is 1. The van der Waals surface area contributed by atoms with Gasteiger partial charge in [-0.3, -0.25) is 10.1 Å². The Hall–Kier alpha value is -3.29. The second-order valence-electron chi connectivity index (χ2n) is 5.77. The molecule has 3 amide bonds. The highest BCUT2D eigenvalue weighted by Crippen LogP contribution is 2.14. The lowest BCUT2D eigenvalue weighted by Gasteiger charge is -2.11. The maximum atomic E-state index is 11.9. The number of hydrogen-bond donors (Lipinski definition) is 2. The van der Waals surface area contributed by atoms with Gasteiger partial charge in [0.1, 0.15) is 18.1 Å². The summed E-state index contributed by atoms with van der Waals surface area (Å²) in [5.74, 6) is -0.492. The predicted molar refractivity (Wildman–Crippen MR) is 96.2 cm³/mol. The van der Waals surface area contributed by atoms with Crippen molar-refractivity contribution in [3.63, 3.8) is 0 Å². The first-order chi connectivity index (χ1) is 13.0. The number of urea groups is 1. The van der Waals surface area contributed by atoms with Crippen molar-refractivity contribution in [1.82, 2.24) is 10.6 Å². The van der Waals surface area contributed by atoms with E-state index in [9.17, 15) is 14.4 Å². The molecule has 1 aromatic carbocycles. The number of amides is 3. The number of furan rings is 1. The summed E-state index contributed by atoms with van der Waals surface area (Å²) in [5, 5.41) is 4.65. The van der Waals surface area contributed by atoms with Crippen molar-refractivity contribution < 1.29 is 28.3 Å². The van der Waals surface area contributed by atoms with Crippen molar-refractivity contribution >= 4 is 17.9 Å². The van der Waals surface area contributed by atoms with Crippen LogP contribution in [0.5, 0.6) is 5.75 Å². The molecule has 0 spiro atoms. The quantitative estimate of drug-likeness (QED) is 0.688. The Morgan fingerprint density at radius 2 is 1.85 bits per heavy atom. The van der Waals surface area contributed by atoms with Gasteiger partial charge in [-0.15, -0.1) is 0 Å². The van der Waals surface area contributed by atoms with Gasteiger partial charge < -0.3 is 19.2 Å². The number of nitrogens with one attached hydrogen (secondary N) is 2. The molecule has 0 aliphatic carbocycles. The number of imide groups is 1. The van der Waals surface area contributed by atoms with Crippen LogP contribution in [0.4, 0.5) is 4.79 Å². The van der Waals surface area contributed by atoms with Gasteiger partial charge in [0, 0.05) is 6.04 Å². The van der Waals surface area contributed by atoms with Crippen LogP contribution in [0.2, 0.25) is 0 Å². The van der Waals surface area contributed by atoms with Crippen molar-refractivity contribution in [2.45, 2.75) is 32.9 Å². The third-order valence-electron chi connectivity index (χ3n) is 3.56. The Labute approximate surface area is 156 Å². The molecule has 0 aliphatic rings. The first-order valence-electron chi connectivity index (χ1n) is 8.52. The third kappa shape index (κ3) is 6.85. The van der Waals surface area contributed by atoms with E-state index < -0.39 is 24.5 Å². The molecule has 0 aliphatic heterocycles. The molecule has 0 radical (unpaired) electrons. The average molecular weight is 374 g/mol. The lowest BCUT2D eigenvalue weighted by Crippen LogP contribution is -2.44. The number of para-hydroxylation sites is 1. The zero-order valence-corrected chi connectivity index (χ0v) is 15.2. The van der Waals surface area contributed by atoms with Crippen LogP contribution in [0.3, 0.4) is 0 Å². The number of benzene rings is 1. The van der Waals surface area contributed by atoms with Gasteiger partial charge in [0.05, 0.1) is 0 Å². The fraction of sp³-hybridized carbons (Fsp3) is 0.316. The molecule has 2 N–H and O–H groups in total. The molecular formula is C19H22N2O6. The second kappa shape index (κ2) is 10.0. The predicted octanol–water partition coefficient (Wildman–Crippen LogP) is 2.64. The van der Waals surface area contributed by atoms with Gasteiger partial charge in [0.25, 0.3) is 5.91 Å². The molecule has 1 atom stereocenters. The average Bonchev–Trinajstić information content (AvgIpc) is 3.14. The third-order valence-corrected chi connectivity index (χ3v) is 3.56. The molecule has 2 aromatic rings. The Morgan fingerprint density at radius 3 is 2.56 bits per heavy atom. The lowest BCUT2D eigenvalue weighted by molar-refractivity contribution is -0.123.